The van der Waals surface area contributed by atoms with Gasteiger partial charge in [-0.1, -0.05) is 0 Å². The second-order valence-corrected chi connectivity index (χ2v) is 10.7. The number of nitrogens with zero attached hydrogens (tertiary/aromatic N) is 1. The number of aliphatic hydroxyl groups is 3. The minimum absolute atomic E-state index is 0.0507. The number of ether oxygens (including phenoxy) is 3. The van der Waals surface area contributed by atoms with Crippen LogP contribution in [0.3, 0.4) is 0 Å². The van der Waals surface area contributed by atoms with E-state index in [1.54, 1.807) is 6.92 Å². The van der Waals surface area contributed by atoms with Crippen LogP contribution in [0.15, 0.2) is 16.9 Å². The van der Waals surface area contributed by atoms with Gasteiger partial charge in [-0.15, -0.1) is 0 Å². The van der Waals surface area contributed by atoms with Gasteiger partial charge in [0.15, 0.2) is 5.43 Å². The van der Waals surface area contributed by atoms with Gasteiger partial charge < -0.3 is 45.4 Å². The van der Waals surface area contributed by atoms with Gasteiger partial charge in [-0.25, -0.2) is 5.10 Å². The molecule has 0 radical (unpaired) electrons. The first-order chi connectivity index (χ1) is 19.4. The minimum Gasteiger partial charge on any atom is -0.493 e. The number of H-pyrrole nitrogens is 1. The molecule has 14 heteroatoms. The highest BCUT2D eigenvalue weighted by Crippen LogP contribution is 2.48. The molecule has 0 aliphatic carbocycles. The van der Waals surface area contributed by atoms with Crippen LogP contribution in [0.5, 0.6) is 5.88 Å². The van der Waals surface area contributed by atoms with E-state index in [-0.39, 0.29) is 64.0 Å². The normalized spacial score (nSPS) is 27.5. The Morgan fingerprint density at radius 1 is 1.29 bits per heavy atom. The Balaban J connectivity index is 1.70. The van der Waals surface area contributed by atoms with E-state index in [9.17, 15) is 34.8 Å². The first kappa shape index (κ1) is 28.8. The largest absolute Gasteiger partial charge is 0.493 e. The number of methoxy groups -OCH3 is 1. The molecule has 7 N–H and O–H groups in total. The Morgan fingerprint density at radius 3 is 2.71 bits per heavy atom. The number of aliphatic hydroxyl groups excluding tert-OH is 3. The highest BCUT2D eigenvalue weighted by atomic mass is 16.7. The van der Waals surface area contributed by atoms with Crippen molar-refractivity contribution < 1.29 is 44.2 Å². The van der Waals surface area contributed by atoms with Crippen LogP contribution in [0, 0.1) is 11.3 Å². The van der Waals surface area contributed by atoms with Crippen molar-refractivity contribution >= 4 is 33.6 Å². The zero-order valence-electron chi connectivity index (χ0n) is 22.6. The van der Waals surface area contributed by atoms with Crippen LogP contribution < -0.4 is 16.1 Å². The molecule has 3 aromatic rings. The number of aromatic hydroxyl groups is 1. The minimum atomic E-state index is -2.19. The molecule has 14 nitrogen and oxygen atoms in total. The van der Waals surface area contributed by atoms with Crippen LogP contribution in [0.1, 0.15) is 37.8 Å². The summed E-state index contributed by atoms with van der Waals surface area (Å²) in [5.41, 5.74) is -0.230. The van der Waals surface area contributed by atoms with E-state index >= 15 is 0 Å². The second kappa shape index (κ2) is 10.6. The fourth-order valence-corrected chi connectivity index (χ4v) is 5.89. The van der Waals surface area contributed by atoms with Crippen LogP contribution in [0.2, 0.25) is 0 Å². The molecule has 1 aromatic heterocycles. The van der Waals surface area contributed by atoms with Gasteiger partial charge in [0, 0.05) is 23.7 Å². The lowest BCUT2D eigenvalue weighted by molar-refractivity contribution is -0.358. The maximum atomic E-state index is 14.1. The third-order valence-electron chi connectivity index (χ3n) is 7.85. The third-order valence-corrected chi connectivity index (χ3v) is 7.85. The summed E-state index contributed by atoms with van der Waals surface area (Å²) < 4.78 is 17.4. The van der Waals surface area contributed by atoms with Crippen molar-refractivity contribution in [2.75, 3.05) is 13.7 Å². The average Bonchev–Trinajstić information content (AvgIpc) is 2.92. The third kappa shape index (κ3) is 4.71. The summed E-state index contributed by atoms with van der Waals surface area (Å²) >= 11 is 0. The Labute approximate surface area is 232 Å². The second-order valence-electron chi connectivity index (χ2n) is 10.7. The Bertz CT molecular complexity index is 1620. The topological polar surface area (TPSA) is 224 Å². The zero-order chi connectivity index (χ0) is 29.8. The number of benzene rings is 2. The number of aromatic nitrogens is 2. The van der Waals surface area contributed by atoms with Crippen molar-refractivity contribution in [1.82, 2.24) is 15.5 Å². The average molecular weight is 573 g/mol. The summed E-state index contributed by atoms with van der Waals surface area (Å²) in [6.07, 6.45) is -5.95. The van der Waals surface area contributed by atoms with Crippen molar-refractivity contribution in [3.63, 3.8) is 0 Å². The fraction of sp³-hybridized carbons (Fsp3) is 0.519. The number of esters is 1. The molecule has 2 aromatic carbocycles. The van der Waals surface area contributed by atoms with Gasteiger partial charge in [-0.2, -0.15) is 5.10 Å². The zero-order valence-corrected chi connectivity index (χ0v) is 22.6. The standard InChI is InChI=1S/C27H32N4O10/c1-10-6-15(26(38)39-3)24(36)27(40-10)21-14(7-12(41-27)8-18(34)29-9-17(33)11(2)32)22-19-13(23(21)35)4-5-16(28)20(19)25(37)31-30-22/h4-5,10-12,15,17,24,28,31-33,36-37H,6-9H2,1-3H3,(H,29,34)/t10-,11?,12+,15-,17?,24-,27+/m0/s1. The SMILES string of the molecule is COC(=O)[C@H]1C[C@H](C)O[C@]2(O[C@@H](CC(=O)NCC(O)C(C)O)Cc3c2c(=O)c2ccc(=N)c4c(O)[nH]nc3c24)[C@H]1O. The van der Waals surface area contributed by atoms with E-state index in [1.807, 2.05) is 0 Å². The molecule has 0 bridgehead atoms. The van der Waals surface area contributed by atoms with E-state index in [1.165, 1.54) is 26.2 Å². The van der Waals surface area contributed by atoms with E-state index in [4.69, 9.17) is 19.6 Å². The lowest BCUT2D eigenvalue weighted by atomic mass is 9.77. The van der Waals surface area contributed by atoms with Crippen LogP contribution in [0.4, 0.5) is 0 Å². The van der Waals surface area contributed by atoms with Crippen LogP contribution >= 0.6 is 0 Å². The van der Waals surface area contributed by atoms with Gasteiger partial charge in [-0.05, 0) is 38.0 Å². The maximum absolute atomic E-state index is 14.1. The molecule has 1 amide bonds. The molecule has 3 heterocycles. The summed E-state index contributed by atoms with van der Waals surface area (Å²) in [5.74, 6) is -5.01. The molecule has 220 valence electrons. The first-order valence-corrected chi connectivity index (χ1v) is 13.2. The van der Waals surface area contributed by atoms with Gasteiger partial charge >= 0.3 is 5.97 Å². The fourth-order valence-electron chi connectivity index (χ4n) is 5.89. The van der Waals surface area contributed by atoms with Crippen molar-refractivity contribution in [3.8, 4) is 5.88 Å². The van der Waals surface area contributed by atoms with Gasteiger partial charge in [0.05, 0.1) is 65.7 Å². The van der Waals surface area contributed by atoms with Crippen molar-refractivity contribution in [1.29, 1.82) is 5.41 Å². The Kier molecular flexibility index (Phi) is 7.46. The number of amides is 1. The number of aromatic amines is 1. The van der Waals surface area contributed by atoms with Crippen molar-refractivity contribution in [2.45, 2.75) is 69.4 Å². The summed E-state index contributed by atoms with van der Waals surface area (Å²) in [5, 5.41) is 59.4. The smallest absolute Gasteiger partial charge is 0.311 e. The maximum Gasteiger partial charge on any atom is 0.311 e. The Hall–Kier alpha value is -3.69. The van der Waals surface area contributed by atoms with E-state index in [0.29, 0.717) is 0 Å². The van der Waals surface area contributed by atoms with Gasteiger partial charge in [-0.3, -0.25) is 14.4 Å². The predicted octanol–water partition coefficient (Wildman–Crippen LogP) is -1.000. The van der Waals surface area contributed by atoms with Gasteiger partial charge in [0.2, 0.25) is 17.6 Å². The van der Waals surface area contributed by atoms with Crippen LogP contribution in [-0.2, 0) is 36.0 Å². The summed E-state index contributed by atoms with van der Waals surface area (Å²) in [6.45, 7) is 2.80. The Morgan fingerprint density at radius 2 is 2.02 bits per heavy atom. The van der Waals surface area contributed by atoms with Crippen LogP contribution in [0.25, 0.3) is 21.7 Å². The van der Waals surface area contributed by atoms with Crippen molar-refractivity contribution in [3.05, 3.63) is 38.8 Å². The molecule has 2 aliphatic rings. The van der Waals surface area contributed by atoms with Gasteiger partial charge in [0.1, 0.15) is 6.10 Å². The number of carbonyl (C=O) groups is 2. The number of rotatable bonds is 6. The lowest BCUT2D eigenvalue weighted by Crippen LogP contribution is -2.61. The molecular formula is C27H32N4O10. The predicted molar refractivity (Wildman–Crippen MR) is 141 cm³/mol. The summed E-state index contributed by atoms with van der Waals surface area (Å²) in [4.78, 5) is 39.7. The highest BCUT2D eigenvalue weighted by Gasteiger charge is 2.59. The first-order valence-electron chi connectivity index (χ1n) is 13.2. The lowest BCUT2D eigenvalue weighted by Gasteiger charge is -2.50. The van der Waals surface area contributed by atoms with E-state index < -0.39 is 65.4 Å². The molecular weight excluding hydrogens is 540 g/mol. The molecule has 1 spiro atoms. The molecule has 7 atom stereocenters. The monoisotopic (exact) mass is 572 g/mol. The molecule has 2 unspecified atom stereocenters. The number of nitrogens with one attached hydrogen (secondary N) is 3. The summed E-state index contributed by atoms with van der Waals surface area (Å²) in [7, 11) is 1.18. The number of carbonyl (C=O) groups excluding carboxylic acids is 2. The highest BCUT2D eigenvalue weighted by molar-refractivity contribution is 6.11. The number of hydrogen-bond donors (Lipinski definition) is 7. The molecule has 2 aliphatic heterocycles. The molecule has 0 saturated carbocycles. The number of hydrogen-bond acceptors (Lipinski definition) is 12. The molecule has 41 heavy (non-hydrogen) atoms. The quantitative estimate of drug-likeness (QED) is 0.177. The molecule has 1 saturated heterocycles. The number of fused-ring (bicyclic) bond motifs is 3. The van der Waals surface area contributed by atoms with Crippen LogP contribution in [-0.4, -0.2) is 86.7 Å². The summed E-state index contributed by atoms with van der Waals surface area (Å²) in [6, 6.07) is 2.76. The molecule has 5 rings (SSSR count). The van der Waals surface area contributed by atoms with Gasteiger partial charge in [0.25, 0.3) is 0 Å². The van der Waals surface area contributed by atoms with E-state index in [0.717, 1.165) is 0 Å². The molecule has 1 fully saturated rings. The van der Waals surface area contributed by atoms with E-state index in [2.05, 4.69) is 15.5 Å². The van der Waals surface area contributed by atoms with Crippen molar-refractivity contribution in [2.24, 2.45) is 5.92 Å².